The summed E-state index contributed by atoms with van der Waals surface area (Å²) in [6.07, 6.45) is 5.57. The zero-order valence-electron chi connectivity index (χ0n) is 15.0. The molecule has 0 radical (unpaired) electrons. The predicted octanol–water partition coefficient (Wildman–Crippen LogP) is 4.92. The lowest BCUT2D eigenvalue weighted by Crippen LogP contribution is -2.29. The van der Waals surface area contributed by atoms with Crippen molar-refractivity contribution in [2.45, 2.75) is 33.1 Å². The van der Waals surface area contributed by atoms with Crippen LogP contribution in [0.15, 0.2) is 42.5 Å². The van der Waals surface area contributed by atoms with Gasteiger partial charge in [-0.3, -0.25) is 0 Å². The molecule has 3 nitrogen and oxygen atoms in total. The van der Waals surface area contributed by atoms with Gasteiger partial charge in [-0.05, 0) is 73.6 Å². The monoisotopic (exact) mass is 335 g/mol. The summed E-state index contributed by atoms with van der Waals surface area (Å²) in [6, 6.07) is 14.0. The first-order valence-corrected chi connectivity index (χ1v) is 8.92. The van der Waals surface area contributed by atoms with Gasteiger partial charge in [0.25, 0.3) is 0 Å². The predicted molar refractivity (Wildman–Crippen MR) is 104 cm³/mol. The van der Waals surface area contributed by atoms with Crippen LogP contribution in [0.25, 0.3) is 11.6 Å². The van der Waals surface area contributed by atoms with Gasteiger partial charge in [-0.25, -0.2) is 4.79 Å². The molecular formula is C22H25NO2. The fraction of sp³-hybridized carbons (Fsp3) is 0.318. The number of hydrogen-bond donors (Lipinski definition) is 1. The molecule has 0 amide bonds. The number of benzene rings is 2. The number of hydrogen-bond acceptors (Lipinski definition) is 2. The molecule has 0 aromatic heterocycles. The number of aryl methyl sites for hydroxylation is 2. The summed E-state index contributed by atoms with van der Waals surface area (Å²) in [5.74, 6) is -0.900. The highest BCUT2D eigenvalue weighted by molar-refractivity contribution is 6.20. The average molecular weight is 335 g/mol. The second-order valence-electron chi connectivity index (χ2n) is 6.80. The van der Waals surface area contributed by atoms with Crippen LogP contribution in [0.1, 0.15) is 41.5 Å². The number of carbonyl (C=O) groups is 1. The van der Waals surface area contributed by atoms with Crippen molar-refractivity contribution in [1.29, 1.82) is 0 Å². The van der Waals surface area contributed by atoms with E-state index in [2.05, 4.69) is 17.0 Å². The van der Waals surface area contributed by atoms with E-state index < -0.39 is 5.97 Å². The topological polar surface area (TPSA) is 40.5 Å². The number of carboxylic acids is 1. The highest BCUT2D eigenvalue weighted by atomic mass is 16.4. The van der Waals surface area contributed by atoms with Crippen molar-refractivity contribution < 1.29 is 9.90 Å². The SMILES string of the molecule is Cc1ccc(/C(=C/c2ccc(N3CCCCC3)cc2)C(=O)O)cc1C. The minimum absolute atomic E-state index is 0.328. The van der Waals surface area contributed by atoms with Gasteiger partial charge in [0.2, 0.25) is 0 Å². The molecule has 130 valence electrons. The number of nitrogens with zero attached hydrogens (tertiary/aromatic N) is 1. The number of piperidine rings is 1. The number of aliphatic carboxylic acids is 1. The van der Waals surface area contributed by atoms with E-state index in [0.29, 0.717) is 5.57 Å². The number of anilines is 1. The molecule has 1 aliphatic heterocycles. The maximum Gasteiger partial charge on any atom is 0.336 e. The summed E-state index contributed by atoms with van der Waals surface area (Å²) in [7, 11) is 0. The van der Waals surface area contributed by atoms with Crippen LogP contribution in [0, 0.1) is 13.8 Å². The van der Waals surface area contributed by atoms with Gasteiger partial charge in [0.05, 0.1) is 5.57 Å². The minimum atomic E-state index is -0.900. The van der Waals surface area contributed by atoms with E-state index in [4.69, 9.17) is 0 Å². The number of rotatable bonds is 4. The van der Waals surface area contributed by atoms with Crippen LogP contribution < -0.4 is 4.90 Å². The van der Waals surface area contributed by atoms with Crippen molar-refractivity contribution in [3.63, 3.8) is 0 Å². The summed E-state index contributed by atoms with van der Waals surface area (Å²) >= 11 is 0. The van der Waals surface area contributed by atoms with E-state index in [1.54, 1.807) is 6.08 Å². The van der Waals surface area contributed by atoms with Crippen LogP contribution in [0.4, 0.5) is 5.69 Å². The van der Waals surface area contributed by atoms with E-state index in [1.165, 1.54) is 30.5 Å². The first-order valence-electron chi connectivity index (χ1n) is 8.92. The summed E-state index contributed by atoms with van der Waals surface area (Å²) in [5.41, 5.74) is 5.48. The highest BCUT2D eigenvalue weighted by Gasteiger charge is 2.13. The molecule has 0 spiro atoms. The molecule has 1 N–H and O–H groups in total. The van der Waals surface area contributed by atoms with Crippen molar-refractivity contribution in [1.82, 2.24) is 0 Å². The van der Waals surface area contributed by atoms with Gasteiger partial charge in [-0.15, -0.1) is 0 Å². The Hall–Kier alpha value is -2.55. The first-order chi connectivity index (χ1) is 12.0. The van der Waals surface area contributed by atoms with Crippen LogP contribution in [0.5, 0.6) is 0 Å². The molecule has 1 heterocycles. The fourth-order valence-corrected chi connectivity index (χ4v) is 3.28. The molecule has 0 atom stereocenters. The van der Waals surface area contributed by atoms with Crippen LogP contribution in [0.3, 0.4) is 0 Å². The standard InChI is InChI=1S/C22H25NO2/c1-16-6-9-19(14-17(16)2)21(22(24)25)15-18-7-10-20(11-8-18)23-12-4-3-5-13-23/h6-11,14-15H,3-5,12-13H2,1-2H3,(H,24,25)/b21-15-. The summed E-state index contributed by atoms with van der Waals surface area (Å²) in [6.45, 7) is 6.25. The van der Waals surface area contributed by atoms with Crippen molar-refractivity contribution in [2.24, 2.45) is 0 Å². The molecule has 0 bridgehead atoms. The maximum atomic E-state index is 11.7. The summed E-state index contributed by atoms with van der Waals surface area (Å²) in [5, 5.41) is 9.63. The van der Waals surface area contributed by atoms with Crippen molar-refractivity contribution in [3.8, 4) is 0 Å². The second kappa shape index (κ2) is 7.56. The van der Waals surface area contributed by atoms with Crippen LogP contribution >= 0.6 is 0 Å². The van der Waals surface area contributed by atoms with Crippen LogP contribution in [-0.4, -0.2) is 24.2 Å². The normalized spacial score (nSPS) is 15.3. The largest absolute Gasteiger partial charge is 0.478 e. The van der Waals surface area contributed by atoms with Crippen molar-refractivity contribution >= 4 is 23.3 Å². The smallest absolute Gasteiger partial charge is 0.336 e. The number of carboxylic acid groups (broad SMARTS) is 1. The van der Waals surface area contributed by atoms with E-state index >= 15 is 0 Å². The molecule has 1 fully saturated rings. The Kier molecular flexibility index (Phi) is 5.22. The van der Waals surface area contributed by atoms with Gasteiger partial charge in [0.15, 0.2) is 0 Å². The average Bonchev–Trinajstić information content (AvgIpc) is 2.63. The van der Waals surface area contributed by atoms with Crippen molar-refractivity contribution in [3.05, 3.63) is 64.7 Å². The molecule has 3 rings (SSSR count). The summed E-state index contributed by atoms with van der Waals surface area (Å²) < 4.78 is 0. The Morgan fingerprint density at radius 1 is 0.960 bits per heavy atom. The van der Waals surface area contributed by atoms with Gasteiger partial charge in [0, 0.05) is 18.8 Å². The molecular weight excluding hydrogens is 310 g/mol. The first kappa shape index (κ1) is 17.3. The van der Waals surface area contributed by atoms with Crippen molar-refractivity contribution in [2.75, 3.05) is 18.0 Å². The Bertz CT molecular complexity index is 784. The lowest BCUT2D eigenvalue weighted by molar-refractivity contribution is -0.130. The van der Waals surface area contributed by atoms with Gasteiger partial charge >= 0.3 is 5.97 Å². The zero-order valence-corrected chi connectivity index (χ0v) is 15.0. The van der Waals surface area contributed by atoms with E-state index in [0.717, 1.165) is 29.8 Å². The maximum absolute atomic E-state index is 11.7. The Morgan fingerprint density at radius 2 is 1.64 bits per heavy atom. The van der Waals surface area contributed by atoms with Gasteiger partial charge in [-0.2, -0.15) is 0 Å². The zero-order chi connectivity index (χ0) is 17.8. The summed E-state index contributed by atoms with van der Waals surface area (Å²) in [4.78, 5) is 14.1. The lowest BCUT2D eigenvalue weighted by atomic mass is 9.98. The third-order valence-electron chi connectivity index (χ3n) is 4.97. The Morgan fingerprint density at radius 3 is 2.24 bits per heavy atom. The van der Waals surface area contributed by atoms with Gasteiger partial charge in [0.1, 0.15) is 0 Å². The molecule has 1 saturated heterocycles. The molecule has 2 aromatic carbocycles. The van der Waals surface area contributed by atoms with Crippen LogP contribution in [0.2, 0.25) is 0 Å². The minimum Gasteiger partial charge on any atom is -0.478 e. The highest BCUT2D eigenvalue weighted by Crippen LogP contribution is 2.24. The molecule has 0 unspecified atom stereocenters. The van der Waals surface area contributed by atoms with Gasteiger partial charge < -0.3 is 10.0 Å². The third kappa shape index (κ3) is 4.11. The Labute approximate surface area is 149 Å². The quantitative estimate of drug-likeness (QED) is 0.637. The molecule has 25 heavy (non-hydrogen) atoms. The van der Waals surface area contributed by atoms with E-state index in [-0.39, 0.29) is 0 Å². The lowest BCUT2D eigenvalue weighted by Gasteiger charge is -2.28. The molecule has 1 aliphatic rings. The second-order valence-corrected chi connectivity index (χ2v) is 6.80. The fourth-order valence-electron chi connectivity index (χ4n) is 3.28. The molecule has 3 heteroatoms. The van der Waals surface area contributed by atoms with Gasteiger partial charge in [-0.1, -0.05) is 30.3 Å². The third-order valence-corrected chi connectivity index (χ3v) is 4.97. The van der Waals surface area contributed by atoms with E-state index in [1.807, 2.05) is 44.2 Å². The van der Waals surface area contributed by atoms with E-state index in [9.17, 15) is 9.90 Å². The molecule has 0 aliphatic carbocycles. The molecule has 2 aromatic rings. The molecule has 0 saturated carbocycles. The van der Waals surface area contributed by atoms with Crippen LogP contribution in [-0.2, 0) is 4.79 Å². The Balaban J connectivity index is 1.87.